The van der Waals surface area contributed by atoms with Crippen LogP contribution < -0.4 is 4.74 Å². The first-order valence-corrected chi connectivity index (χ1v) is 6.91. The molecule has 2 aromatic rings. The second kappa shape index (κ2) is 7.67. The average molecular weight is 306 g/mol. The van der Waals surface area contributed by atoms with E-state index in [4.69, 9.17) is 16.3 Å². The summed E-state index contributed by atoms with van der Waals surface area (Å²) in [5.41, 5.74) is 0.790. The Balaban J connectivity index is 1.82. The number of hydrogen-bond donors (Lipinski definition) is 1. The van der Waals surface area contributed by atoms with E-state index < -0.39 is 6.10 Å². The van der Waals surface area contributed by atoms with Crippen molar-refractivity contribution in [2.45, 2.75) is 6.10 Å². The zero-order valence-electron chi connectivity index (χ0n) is 11.4. The van der Waals surface area contributed by atoms with E-state index in [1.54, 1.807) is 24.3 Å². The molecule has 0 radical (unpaired) electrons. The third-order valence-corrected chi connectivity index (χ3v) is 2.99. The summed E-state index contributed by atoms with van der Waals surface area (Å²) in [6, 6.07) is 16.0. The number of halogens is 1. The Morgan fingerprint density at radius 3 is 2.48 bits per heavy atom. The standard InChI is InChI=1S/C16H16ClNO3/c17-14-6-8-16(9-7-14)21-12-15(19)11-18(20)10-13-4-2-1-3-5-13/h1-10,15,19H,11-12H2/b18-10-. The van der Waals surface area contributed by atoms with Gasteiger partial charge in [-0.05, 0) is 36.4 Å². The Morgan fingerprint density at radius 1 is 1.14 bits per heavy atom. The van der Waals surface area contributed by atoms with Gasteiger partial charge in [-0.2, -0.15) is 0 Å². The second-order valence-corrected chi connectivity index (χ2v) is 4.99. The first kappa shape index (κ1) is 15.4. The SMILES string of the molecule is [O-]/[N+](=C\c1ccccc1)CC(O)COc1ccc(Cl)cc1. The van der Waals surface area contributed by atoms with E-state index in [0.717, 1.165) is 5.56 Å². The normalized spacial score (nSPS) is 13.0. The lowest BCUT2D eigenvalue weighted by Gasteiger charge is -2.12. The smallest absolute Gasteiger partial charge is 0.182 e. The third-order valence-electron chi connectivity index (χ3n) is 2.74. The summed E-state index contributed by atoms with van der Waals surface area (Å²) in [6.07, 6.45) is 0.559. The number of hydrogen-bond acceptors (Lipinski definition) is 3. The molecule has 0 amide bonds. The maximum absolute atomic E-state index is 11.7. The van der Waals surface area contributed by atoms with E-state index in [9.17, 15) is 10.3 Å². The predicted molar refractivity (Wildman–Crippen MR) is 83.1 cm³/mol. The van der Waals surface area contributed by atoms with Gasteiger partial charge in [0.1, 0.15) is 18.5 Å². The fourth-order valence-electron chi connectivity index (χ4n) is 1.74. The molecule has 0 saturated heterocycles. The summed E-state index contributed by atoms with van der Waals surface area (Å²) < 4.78 is 6.09. The quantitative estimate of drug-likeness (QED) is 0.386. The minimum Gasteiger partial charge on any atom is -0.624 e. The van der Waals surface area contributed by atoms with Gasteiger partial charge in [0.25, 0.3) is 0 Å². The van der Waals surface area contributed by atoms with Gasteiger partial charge in [0.15, 0.2) is 12.8 Å². The lowest BCUT2D eigenvalue weighted by Crippen LogP contribution is -2.27. The molecular formula is C16H16ClNO3. The summed E-state index contributed by atoms with van der Waals surface area (Å²) in [5.74, 6) is 0.600. The van der Waals surface area contributed by atoms with Crippen molar-refractivity contribution in [1.82, 2.24) is 0 Å². The minimum atomic E-state index is -0.877. The molecule has 1 atom stereocenters. The van der Waals surface area contributed by atoms with Crippen molar-refractivity contribution in [2.75, 3.05) is 13.2 Å². The summed E-state index contributed by atoms with van der Waals surface area (Å²) in [6.45, 7) is -0.00845. The van der Waals surface area contributed by atoms with Crippen molar-refractivity contribution in [3.05, 3.63) is 70.4 Å². The molecule has 0 heterocycles. The first-order chi connectivity index (χ1) is 10.1. The Bertz CT molecular complexity index is 584. The summed E-state index contributed by atoms with van der Waals surface area (Å²) in [5, 5.41) is 22.1. The molecule has 1 N–H and O–H groups in total. The molecular weight excluding hydrogens is 290 g/mol. The number of aliphatic hydroxyl groups excluding tert-OH is 1. The van der Waals surface area contributed by atoms with Crippen molar-refractivity contribution in [3.8, 4) is 5.75 Å². The highest BCUT2D eigenvalue weighted by molar-refractivity contribution is 6.30. The molecule has 2 rings (SSSR count). The molecule has 110 valence electrons. The van der Waals surface area contributed by atoms with E-state index >= 15 is 0 Å². The molecule has 5 heteroatoms. The van der Waals surface area contributed by atoms with E-state index in [1.165, 1.54) is 6.21 Å². The number of hydroxylamine groups is 1. The molecule has 0 fully saturated rings. The molecule has 0 spiro atoms. The van der Waals surface area contributed by atoms with Crippen molar-refractivity contribution in [1.29, 1.82) is 0 Å². The van der Waals surface area contributed by atoms with Gasteiger partial charge in [0.2, 0.25) is 0 Å². The van der Waals surface area contributed by atoms with Crippen molar-refractivity contribution in [2.24, 2.45) is 0 Å². The number of aliphatic hydroxyl groups is 1. The van der Waals surface area contributed by atoms with Crippen LogP contribution in [0.3, 0.4) is 0 Å². The Morgan fingerprint density at radius 2 is 1.81 bits per heavy atom. The average Bonchev–Trinajstić information content (AvgIpc) is 2.47. The fraction of sp³-hybridized carbons (Fsp3) is 0.188. The highest BCUT2D eigenvalue weighted by atomic mass is 35.5. The van der Waals surface area contributed by atoms with Gasteiger partial charge in [0, 0.05) is 10.6 Å². The Labute approximate surface area is 128 Å². The van der Waals surface area contributed by atoms with Crippen LogP contribution in [0.1, 0.15) is 5.56 Å². The van der Waals surface area contributed by atoms with E-state index in [1.807, 2.05) is 30.3 Å². The van der Waals surface area contributed by atoms with Crippen LogP contribution in [0.25, 0.3) is 0 Å². The number of benzene rings is 2. The molecule has 0 bridgehead atoms. The topological polar surface area (TPSA) is 55.5 Å². The Hall–Kier alpha value is -2.04. The predicted octanol–water partition coefficient (Wildman–Crippen LogP) is 2.71. The largest absolute Gasteiger partial charge is 0.624 e. The second-order valence-electron chi connectivity index (χ2n) is 4.56. The third kappa shape index (κ3) is 5.45. The molecule has 21 heavy (non-hydrogen) atoms. The van der Waals surface area contributed by atoms with Crippen LogP contribution in [0.15, 0.2) is 54.6 Å². The molecule has 0 saturated carbocycles. The summed E-state index contributed by atoms with van der Waals surface area (Å²) in [7, 11) is 0. The maximum Gasteiger partial charge on any atom is 0.182 e. The fourth-order valence-corrected chi connectivity index (χ4v) is 1.87. The van der Waals surface area contributed by atoms with Gasteiger partial charge in [0.05, 0.1) is 0 Å². The van der Waals surface area contributed by atoms with Crippen LogP contribution in [-0.2, 0) is 0 Å². The first-order valence-electron chi connectivity index (χ1n) is 6.53. The zero-order chi connectivity index (χ0) is 15.1. The molecule has 0 aromatic heterocycles. The monoisotopic (exact) mass is 305 g/mol. The van der Waals surface area contributed by atoms with Crippen LogP contribution in [-0.4, -0.2) is 35.3 Å². The molecule has 0 aliphatic rings. The summed E-state index contributed by atoms with van der Waals surface area (Å²) >= 11 is 5.76. The Kier molecular flexibility index (Phi) is 5.60. The highest BCUT2D eigenvalue weighted by Crippen LogP contribution is 2.15. The van der Waals surface area contributed by atoms with E-state index in [2.05, 4.69) is 0 Å². The van der Waals surface area contributed by atoms with Crippen molar-refractivity contribution >= 4 is 17.8 Å². The van der Waals surface area contributed by atoms with Gasteiger partial charge in [-0.15, -0.1) is 0 Å². The number of nitrogens with zero attached hydrogens (tertiary/aromatic N) is 1. The summed E-state index contributed by atoms with van der Waals surface area (Å²) in [4.78, 5) is 0. The van der Waals surface area contributed by atoms with Crippen LogP contribution in [0.5, 0.6) is 5.75 Å². The van der Waals surface area contributed by atoms with Gasteiger partial charge < -0.3 is 15.1 Å². The minimum absolute atomic E-state index is 0.0446. The lowest BCUT2D eigenvalue weighted by atomic mass is 10.2. The zero-order valence-corrected chi connectivity index (χ0v) is 12.1. The lowest BCUT2D eigenvalue weighted by molar-refractivity contribution is -0.464. The van der Waals surface area contributed by atoms with Crippen molar-refractivity contribution < 1.29 is 14.6 Å². The van der Waals surface area contributed by atoms with Crippen LogP contribution in [0, 0.1) is 5.21 Å². The molecule has 1 unspecified atom stereocenters. The van der Waals surface area contributed by atoms with Crippen LogP contribution >= 0.6 is 11.6 Å². The molecule has 2 aromatic carbocycles. The van der Waals surface area contributed by atoms with Gasteiger partial charge in [-0.3, -0.25) is 0 Å². The van der Waals surface area contributed by atoms with Gasteiger partial charge in [-0.1, -0.05) is 29.8 Å². The highest BCUT2D eigenvalue weighted by Gasteiger charge is 2.10. The van der Waals surface area contributed by atoms with Gasteiger partial charge >= 0.3 is 0 Å². The number of ether oxygens (including phenoxy) is 1. The van der Waals surface area contributed by atoms with E-state index in [-0.39, 0.29) is 13.2 Å². The molecule has 0 aliphatic heterocycles. The van der Waals surface area contributed by atoms with Crippen LogP contribution in [0.4, 0.5) is 0 Å². The number of rotatable bonds is 6. The van der Waals surface area contributed by atoms with Gasteiger partial charge in [-0.25, -0.2) is 4.74 Å². The van der Waals surface area contributed by atoms with E-state index in [0.29, 0.717) is 15.5 Å². The molecule has 0 aliphatic carbocycles. The van der Waals surface area contributed by atoms with Crippen molar-refractivity contribution in [3.63, 3.8) is 0 Å². The maximum atomic E-state index is 11.7. The van der Waals surface area contributed by atoms with Crippen LogP contribution in [0.2, 0.25) is 5.02 Å². The molecule has 4 nitrogen and oxygen atoms in total.